The quantitative estimate of drug-likeness (QED) is 0.503. The van der Waals surface area contributed by atoms with E-state index >= 15 is 0 Å². The summed E-state index contributed by atoms with van der Waals surface area (Å²) in [6.07, 6.45) is 4.03. The van der Waals surface area contributed by atoms with Crippen LogP contribution in [0.2, 0.25) is 0 Å². The molecule has 3 aromatic carbocycles. The van der Waals surface area contributed by atoms with Gasteiger partial charge in [0.15, 0.2) is 0 Å². The Bertz CT molecular complexity index is 1490. The van der Waals surface area contributed by atoms with E-state index in [0.29, 0.717) is 10.8 Å². The highest BCUT2D eigenvalue weighted by Gasteiger charge is 2.25. The van der Waals surface area contributed by atoms with E-state index in [0.717, 1.165) is 68.7 Å². The van der Waals surface area contributed by atoms with E-state index in [1.54, 1.807) is 0 Å². The van der Waals surface area contributed by atoms with E-state index in [1.165, 1.54) is 4.57 Å². The zero-order chi connectivity index (χ0) is 18.4. The molecule has 0 aliphatic heterocycles. The molecule has 5 aromatic rings. The van der Waals surface area contributed by atoms with E-state index < -0.39 is 0 Å². The van der Waals surface area contributed by atoms with Crippen molar-refractivity contribution in [1.29, 1.82) is 0 Å². The van der Waals surface area contributed by atoms with Crippen LogP contribution in [0.1, 0.15) is 31.7 Å². The normalized spacial score (nSPS) is 16.0. The van der Waals surface area contributed by atoms with Crippen LogP contribution in [0.15, 0.2) is 33.9 Å². The molecular formula is C23H18N2O2. The Labute approximate surface area is 153 Å². The Kier molecular flexibility index (Phi) is 2.64. The minimum atomic E-state index is -0.126. The Morgan fingerprint density at radius 2 is 1.11 bits per heavy atom. The third-order valence-electron chi connectivity index (χ3n) is 6.44. The zero-order valence-corrected chi connectivity index (χ0v) is 14.9. The minimum Gasteiger partial charge on any atom is -0.355 e. The first-order valence-corrected chi connectivity index (χ1v) is 9.45. The molecular weight excluding hydrogens is 336 g/mol. The van der Waals surface area contributed by atoms with Gasteiger partial charge in [0.2, 0.25) is 0 Å². The van der Waals surface area contributed by atoms with Gasteiger partial charge in [-0.2, -0.15) is 0 Å². The van der Waals surface area contributed by atoms with Crippen LogP contribution < -0.4 is 21.8 Å². The lowest BCUT2D eigenvalue weighted by Gasteiger charge is -2.12. The highest BCUT2D eigenvalue weighted by Crippen LogP contribution is 2.38. The van der Waals surface area contributed by atoms with Crippen LogP contribution in [0.5, 0.6) is 0 Å². The standard InChI is InChI=1S/C23H18N2O2/c1-11-14-7-16-17(8-15(14)12(2)24-11)19-10-21-20(9-18(16)19)22(26)25(23(21)27)13-5-3-4-6-13/h7-10,13,24H,1-6H2. The van der Waals surface area contributed by atoms with Crippen molar-refractivity contribution in [3.05, 3.63) is 55.7 Å². The molecule has 0 amide bonds. The predicted octanol–water partition coefficient (Wildman–Crippen LogP) is 2.96. The number of hydrogen-bond donors (Lipinski definition) is 1. The van der Waals surface area contributed by atoms with E-state index in [1.807, 2.05) is 12.1 Å². The largest absolute Gasteiger partial charge is 0.355 e. The molecule has 1 aliphatic rings. The lowest BCUT2D eigenvalue weighted by atomic mass is 9.90. The van der Waals surface area contributed by atoms with Crippen molar-refractivity contribution in [2.75, 3.05) is 0 Å². The summed E-state index contributed by atoms with van der Waals surface area (Å²) in [5.41, 5.74) is -0.252. The highest BCUT2D eigenvalue weighted by molar-refractivity contribution is 6.29. The molecule has 4 heteroatoms. The maximum Gasteiger partial charge on any atom is 0.261 e. The van der Waals surface area contributed by atoms with Gasteiger partial charge < -0.3 is 4.98 Å². The van der Waals surface area contributed by atoms with Crippen molar-refractivity contribution in [1.82, 2.24) is 9.55 Å². The molecule has 1 saturated carbocycles. The number of hydrogen-bond acceptors (Lipinski definition) is 2. The van der Waals surface area contributed by atoms with Gasteiger partial charge in [-0.15, -0.1) is 0 Å². The van der Waals surface area contributed by atoms with E-state index in [-0.39, 0.29) is 17.2 Å². The minimum absolute atomic E-state index is 0.0638. The average molecular weight is 354 g/mol. The highest BCUT2D eigenvalue weighted by atomic mass is 16.2. The van der Waals surface area contributed by atoms with Crippen LogP contribution in [0.25, 0.3) is 56.2 Å². The topological polar surface area (TPSA) is 54.9 Å². The van der Waals surface area contributed by atoms with Gasteiger partial charge >= 0.3 is 0 Å². The maximum absolute atomic E-state index is 12.9. The number of aromatic amines is 1. The first-order chi connectivity index (χ1) is 13.0. The van der Waals surface area contributed by atoms with Crippen LogP contribution in [-0.2, 0) is 0 Å². The van der Waals surface area contributed by atoms with Gasteiger partial charge in [-0.1, -0.05) is 26.0 Å². The maximum atomic E-state index is 12.9. The zero-order valence-electron chi connectivity index (χ0n) is 14.9. The summed E-state index contributed by atoms with van der Waals surface area (Å²) in [7, 11) is 0. The second kappa shape index (κ2) is 4.77. The van der Waals surface area contributed by atoms with Crippen LogP contribution >= 0.6 is 0 Å². The van der Waals surface area contributed by atoms with Crippen LogP contribution in [0.3, 0.4) is 0 Å². The average Bonchev–Trinajstić information content (AvgIpc) is 3.32. The number of benzene rings is 2. The molecule has 2 heterocycles. The van der Waals surface area contributed by atoms with E-state index in [4.69, 9.17) is 0 Å². The fourth-order valence-corrected chi connectivity index (χ4v) is 5.04. The Morgan fingerprint density at radius 3 is 1.56 bits per heavy atom. The van der Waals surface area contributed by atoms with E-state index in [2.05, 4.69) is 30.3 Å². The van der Waals surface area contributed by atoms with Gasteiger partial charge in [-0.05, 0) is 58.7 Å². The molecule has 6 rings (SSSR count). The molecule has 0 bridgehead atoms. The number of nitrogens with one attached hydrogen (secondary N) is 1. The van der Waals surface area contributed by atoms with Crippen molar-refractivity contribution < 1.29 is 0 Å². The van der Waals surface area contributed by atoms with Crippen molar-refractivity contribution in [3.8, 4) is 0 Å². The number of rotatable bonds is 1. The molecule has 132 valence electrons. The van der Waals surface area contributed by atoms with Crippen LogP contribution in [0, 0.1) is 0 Å². The summed E-state index contributed by atoms with van der Waals surface area (Å²) in [6.45, 7) is 8.11. The molecule has 4 nitrogen and oxygen atoms in total. The molecule has 0 saturated heterocycles. The molecule has 0 radical (unpaired) electrons. The molecule has 0 unspecified atom stereocenters. The van der Waals surface area contributed by atoms with Gasteiger partial charge in [0.1, 0.15) is 0 Å². The number of aromatic nitrogens is 2. The molecule has 1 fully saturated rings. The van der Waals surface area contributed by atoms with Crippen molar-refractivity contribution >= 4 is 56.2 Å². The van der Waals surface area contributed by atoms with Crippen LogP contribution in [-0.4, -0.2) is 9.55 Å². The van der Waals surface area contributed by atoms with Crippen LogP contribution in [0.4, 0.5) is 0 Å². The monoisotopic (exact) mass is 354 g/mol. The first-order valence-electron chi connectivity index (χ1n) is 9.45. The third-order valence-corrected chi connectivity index (χ3v) is 6.44. The van der Waals surface area contributed by atoms with Crippen molar-refractivity contribution in [3.63, 3.8) is 0 Å². The SMILES string of the molecule is C=c1[nH]c(=C)c2cc3c(cc12)c1cc2c(=O)n(C4CCCC4)c(=O)c2cc31. The second-order valence-electron chi connectivity index (χ2n) is 7.89. The summed E-state index contributed by atoms with van der Waals surface area (Å²) >= 11 is 0. The Balaban J connectivity index is 1.73. The van der Waals surface area contributed by atoms with Gasteiger partial charge in [-0.25, -0.2) is 0 Å². The molecule has 1 aliphatic carbocycles. The Hall–Kier alpha value is -3.14. The summed E-state index contributed by atoms with van der Waals surface area (Å²) in [5, 5.41) is 9.25. The van der Waals surface area contributed by atoms with Gasteiger partial charge in [-0.3, -0.25) is 14.2 Å². The summed E-state index contributed by atoms with van der Waals surface area (Å²) in [5.74, 6) is 0. The second-order valence-corrected chi connectivity index (χ2v) is 7.89. The fourth-order valence-electron chi connectivity index (χ4n) is 5.04. The predicted molar refractivity (Wildman–Crippen MR) is 112 cm³/mol. The third kappa shape index (κ3) is 1.73. The smallest absolute Gasteiger partial charge is 0.261 e. The summed E-state index contributed by atoms with van der Waals surface area (Å²) in [6, 6.07) is 8.11. The number of fused-ring (bicyclic) bond motifs is 6. The Morgan fingerprint density at radius 1 is 0.704 bits per heavy atom. The fraction of sp³-hybridized carbons (Fsp3) is 0.217. The van der Waals surface area contributed by atoms with Crippen molar-refractivity contribution in [2.24, 2.45) is 0 Å². The summed E-state index contributed by atoms with van der Waals surface area (Å²) in [4.78, 5) is 29.1. The summed E-state index contributed by atoms with van der Waals surface area (Å²) < 4.78 is 1.51. The number of H-pyrrole nitrogens is 1. The lowest BCUT2D eigenvalue weighted by Crippen LogP contribution is -2.28. The van der Waals surface area contributed by atoms with Crippen molar-refractivity contribution in [2.45, 2.75) is 31.7 Å². The number of nitrogens with zero attached hydrogens (tertiary/aromatic N) is 1. The molecule has 1 N–H and O–H groups in total. The van der Waals surface area contributed by atoms with Gasteiger partial charge in [0.05, 0.1) is 10.8 Å². The molecule has 0 spiro atoms. The van der Waals surface area contributed by atoms with Gasteiger partial charge in [0, 0.05) is 27.5 Å². The molecule has 27 heavy (non-hydrogen) atoms. The molecule has 0 atom stereocenters. The van der Waals surface area contributed by atoms with E-state index in [9.17, 15) is 9.59 Å². The van der Waals surface area contributed by atoms with Gasteiger partial charge in [0.25, 0.3) is 11.1 Å². The molecule has 2 aromatic heterocycles. The lowest BCUT2D eigenvalue weighted by molar-refractivity contribution is 0.498. The first kappa shape index (κ1) is 15.0.